The number of morpholine rings is 1. The zero-order chi connectivity index (χ0) is 18.7. The fourth-order valence-corrected chi connectivity index (χ4v) is 3.26. The van der Waals surface area contributed by atoms with Crippen molar-refractivity contribution in [1.82, 2.24) is 9.97 Å². The molecule has 0 saturated carbocycles. The summed E-state index contributed by atoms with van der Waals surface area (Å²) in [7, 11) is 0. The maximum Gasteiger partial charge on any atom is 0.313 e. The quantitative estimate of drug-likeness (QED) is 0.855. The standard InChI is InChI=1S/C18H28N4O4/c1-13-12-22(5-4-8-26-13)17-19-11-14(18(2,3)16(23)24)15(20-17)21-6-9-25-10-7-21/h11,13H,4-10,12H2,1-3H3,(H,23,24)/t13-/m0/s1. The molecule has 26 heavy (non-hydrogen) atoms. The summed E-state index contributed by atoms with van der Waals surface area (Å²) in [6.45, 7) is 10.3. The summed E-state index contributed by atoms with van der Waals surface area (Å²) in [5.74, 6) is 0.442. The lowest BCUT2D eigenvalue weighted by molar-refractivity contribution is -0.142. The Morgan fingerprint density at radius 3 is 2.65 bits per heavy atom. The lowest BCUT2D eigenvalue weighted by Crippen LogP contribution is -2.40. The first-order chi connectivity index (χ1) is 12.4. The average Bonchev–Trinajstić information content (AvgIpc) is 2.86. The highest BCUT2D eigenvalue weighted by atomic mass is 16.5. The van der Waals surface area contributed by atoms with Crippen molar-refractivity contribution < 1.29 is 19.4 Å². The minimum Gasteiger partial charge on any atom is -0.481 e. The molecule has 8 heteroatoms. The molecule has 144 valence electrons. The van der Waals surface area contributed by atoms with Gasteiger partial charge in [-0.05, 0) is 27.2 Å². The van der Waals surface area contributed by atoms with Gasteiger partial charge in [0.2, 0.25) is 5.95 Å². The van der Waals surface area contributed by atoms with E-state index in [0.717, 1.165) is 26.1 Å². The van der Waals surface area contributed by atoms with E-state index in [1.54, 1.807) is 20.0 Å². The van der Waals surface area contributed by atoms with Crippen LogP contribution >= 0.6 is 0 Å². The third kappa shape index (κ3) is 3.91. The topological polar surface area (TPSA) is 88.0 Å². The van der Waals surface area contributed by atoms with Crippen LogP contribution < -0.4 is 9.80 Å². The van der Waals surface area contributed by atoms with Crippen molar-refractivity contribution in [3.63, 3.8) is 0 Å². The van der Waals surface area contributed by atoms with Crippen molar-refractivity contribution in [2.75, 3.05) is 55.8 Å². The minimum atomic E-state index is -1.07. The second-order valence-electron chi connectivity index (χ2n) is 7.42. The molecule has 0 aliphatic carbocycles. The normalized spacial score (nSPS) is 22.2. The van der Waals surface area contributed by atoms with Crippen LogP contribution in [-0.2, 0) is 19.7 Å². The molecule has 0 bridgehead atoms. The van der Waals surface area contributed by atoms with Gasteiger partial charge in [0.15, 0.2) is 0 Å². The fraction of sp³-hybridized carbons (Fsp3) is 0.722. The molecule has 8 nitrogen and oxygen atoms in total. The third-order valence-corrected chi connectivity index (χ3v) is 5.01. The molecule has 2 aliphatic rings. The summed E-state index contributed by atoms with van der Waals surface area (Å²) < 4.78 is 11.2. The van der Waals surface area contributed by atoms with Crippen molar-refractivity contribution in [1.29, 1.82) is 0 Å². The molecule has 1 aromatic heterocycles. The minimum absolute atomic E-state index is 0.114. The summed E-state index contributed by atoms with van der Waals surface area (Å²) in [5, 5.41) is 9.68. The maximum atomic E-state index is 11.8. The van der Waals surface area contributed by atoms with Crippen LogP contribution in [0, 0.1) is 0 Å². The van der Waals surface area contributed by atoms with E-state index in [1.807, 2.05) is 6.92 Å². The summed E-state index contributed by atoms with van der Waals surface area (Å²) in [6.07, 6.45) is 2.71. The van der Waals surface area contributed by atoms with Crippen LogP contribution in [0.25, 0.3) is 0 Å². The molecule has 3 heterocycles. The molecule has 2 fully saturated rings. The lowest BCUT2D eigenvalue weighted by atomic mass is 9.85. The Balaban J connectivity index is 1.99. The highest BCUT2D eigenvalue weighted by Crippen LogP contribution is 2.32. The Hall–Kier alpha value is -1.93. The van der Waals surface area contributed by atoms with E-state index in [0.29, 0.717) is 43.6 Å². The van der Waals surface area contributed by atoms with E-state index in [2.05, 4.69) is 14.8 Å². The maximum absolute atomic E-state index is 11.8. The van der Waals surface area contributed by atoms with Crippen molar-refractivity contribution in [2.24, 2.45) is 0 Å². The van der Waals surface area contributed by atoms with Crippen molar-refractivity contribution in [2.45, 2.75) is 38.7 Å². The average molecular weight is 364 g/mol. The number of anilines is 2. The van der Waals surface area contributed by atoms with Crippen LogP contribution in [-0.4, -0.2) is 73.1 Å². The van der Waals surface area contributed by atoms with E-state index < -0.39 is 11.4 Å². The third-order valence-electron chi connectivity index (χ3n) is 5.01. The Labute approximate surface area is 154 Å². The van der Waals surface area contributed by atoms with Gasteiger partial charge in [0, 0.05) is 44.5 Å². The first-order valence-corrected chi connectivity index (χ1v) is 9.19. The molecule has 2 saturated heterocycles. The van der Waals surface area contributed by atoms with Gasteiger partial charge in [-0.15, -0.1) is 0 Å². The molecule has 3 rings (SSSR count). The van der Waals surface area contributed by atoms with Crippen LogP contribution in [0.4, 0.5) is 11.8 Å². The molecule has 1 atom stereocenters. The number of rotatable bonds is 4. The highest BCUT2D eigenvalue weighted by molar-refractivity contribution is 5.82. The van der Waals surface area contributed by atoms with Gasteiger partial charge in [-0.1, -0.05) is 0 Å². The molecule has 0 unspecified atom stereocenters. The predicted molar refractivity (Wildman–Crippen MR) is 98.0 cm³/mol. The SMILES string of the molecule is C[C@H]1CN(c2ncc(C(C)(C)C(=O)O)c(N3CCOCC3)n2)CCCO1. The summed E-state index contributed by atoms with van der Waals surface area (Å²) in [5.41, 5.74) is -0.434. The molecule has 1 aromatic rings. The van der Waals surface area contributed by atoms with Gasteiger partial charge in [-0.25, -0.2) is 4.98 Å². The first kappa shape index (κ1) is 18.8. The lowest BCUT2D eigenvalue weighted by Gasteiger charge is -2.33. The zero-order valence-corrected chi connectivity index (χ0v) is 15.8. The number of carboxylic acid groups (broad SMARTS) is 1. The van der Waals surface area contributed by atoms with Crippen LogP contribution in [0.5, 0.6) is 0 Å². The smallest absolute Gasteiger partial charge is 0.313 e. The Morgan fingerprint density at radius 1 is 1.23 bits per heavy atom. The van der Waals surface area contributed by atoms with E-state index in [9.17, 15) is 9.90 Å². The number of hydrogen-bond donors (Lipinski definition) is 1. The number of hydrogen-bond acceptors (Lipinski definition) is 7. The van der Waals surface area contributed by atoms with E-state index in [1.165, 1.54) is 0 Å². The molecule has 2 aliphatic heterocycles. The number of nitrogens with zero attached hydrogens (tertiary/aromatic N) is 4. The van der Waals surface area contributed by atoms with E-state index in [-0.39, 0.29) is 6.10 Å². The van der Waals surface area contributed by atoms with Gasteiger partial charge in [0.1, 0.15) is 5.82 Å². The summed E-state index contributed by atoms with van der Waals surface area (Å²) >= 11 is 0. The highest BCUT2D eigenvalue weighted by Gasteiger charge is 2.35. The Bertz CT molecular complexity index is 646. The Morgan fingerprint density at radius 2 is 1.96 bits per heavy atom. The molecule has 0 aromatic carbocycles. The number of carboxylic acids is 1. The number of carbonyl (C=O) groups is 1. The van der Waals surface area contributed by atoms with Gasteiger partial charge in [-0.3, -0.25) is 4.79 Å². The molecule has 0 radical (unpaired) electrons. The predicted octanol–water partition coefficient (Wildman–Crippen LogP) is 1.29. The van der Waals surface area contributed by atoms with Gasteiger partial charge in [-0.2, -0.15) is 4.98 Å². The molecular weight excluding hydrogens is 336 g/mol. The van der Waals surface area contributed by atoms with Crippen molar-refractivity contribution in [3.05, 3.63) is 11.8 Å². The fourth-order valence-electron chi connectivity index (χ4n) is 3.26. The zero-order valence-electron chi connectivity index (χ0n) is 15.8. The molecular formula is C18H28N4O4. The second-order valence-corrected chi connectivity index (χ2v) is 7.42. The summed E-state index contributed by atoms with van der Waals surface area (Å²) in [4.78, 5) is 25.4. The monoisotopic (exact) mass is 364 g/mol. The van der Waals surface area contributed by atoms with Crippen LogP contribution in [0.1, 0.15) is 32.8 Å². The molecule has 1 N–H and O–H groups in total. The number of aliphatic carboxylic acids is 1. The van der Waals surface area contributed by atoms with Gasteiger partial charge < -0.3 is 24.4 Å². The van der Waals surface area contributed by atoms with E-state index >= 15 is 0 Å². The van der Waals surface area contributed by atoms with Crippen LogP contribution in [0.3, 0.4) is 0 Å². The van der Waals surface area contributed by atoms with Crippen LogP contribution in [0.2, 0.25) is 0 Å². The van der Waals surface area contributed by atoms with Crippen molar-refractivity contribution in [3.8, 4) is 0 Å². The first-order valence-electron chi connectivity index (χ1n) is 9.19. The summed E-state index contributed by atoms with van der Waals surface area (Å²) in [6, 6.07) is 0. The second kappa shape index (κ2) is 7.75. The molecule has 0 amide bonds. The van der Waals surface area contributed by atoms with Crippen LogP contribution in [0.15, 0.2) is 6.20 Å². The Kier molecular flexibility index (Phi) is 5.62. The number of ether oxygens (including phenoxy) is 2. The van der Waals surface area contributed by atoms with E-state index in [4.69, 9.17) is 14.5 Å². The molecule has 0 spiro atoms. The van der Waals surface area contributed by atoms with Crippen molar-refractivity contribution >= 4 is 17.7 Å². The largest absolute Gasteiger partial charge is 0.481 e. The van der Waals surface area contributed by atoms with Gasteiger partial charge in [0.05, 0.1) is 24.7 Å². The van der Waals surface area contributed by atoms with Gasteiger partial charge in [0.25, 0.3) is 0 Å². The number of aromatic nitrogens is 2. The van der Waals surface area contributed by atoms with Gasteiger partial charge >= 0.3 is 5.97 Å².